The molecule has 5 aromatic rings. The highest BCUT2D eigenvalue weighted by molar-refractivity contribution is 6.29. The summed E-state index contributed by atoms with van der Waals surface area (Å²) in [5.41, 5.74) is 6.22. The minimum atomic E-state index is 0.390. The van der Waals surface area contributed by atoms with E-state index in [9.17, 15) is 0 Å². The topological polar surface area (TPSA) is 58.9 Å². The predicted octanol–water partition coefficient (Wildman–Crippen LogP) is 5.11. The van der Waals surface area contributed by atoms with E-state index in [1.165, 1.54) is 0 Å². The van der Waals surface area contributed by atoms with Gasteiger partial charge in [-0.3, -0.25) is 5.10 Å². The lowest BCUT2D eigenvalue weighted by Crippen LogP contribution is -1.97. The van der Waals surface area contributed by atoms with E-state index in [-0.39, 0.29) is 0 Å². The summed E-state index contributed by atoms with van der Waals surface area (Å²) >= 11 is 6.36. The minimum Gasteiger partial charge on any atom is -0.278 e. The van der Waals surface area contributed by atoms with Crippen LogP contribution in [0.25, 0.3) is 39.4 Å². The van der Waals surface area contributed by atoms with Gasteiger partial charge in [-0.1, -0.05) is 72.3 Å². The first-order valence-electron chi connectivity index (χ1n) is 8.51. The largest absolute Gasteiger partial charge is 0.278 e. The molecule has 3 heterocycles. The van der Waals surface area contributed by atoms with E-state index in [1.54, 1.807) is 12.3 Å². The van der Waals surface area contributed by atoms with Crippen molar-refractivity contribution in [2.75, 3.05) is 0 Å². The fraction of sp³-hybridized carbons (Fsp3) is 0. The monoisotopic (exact) mass is 371 g/mol. The van der Waals surface area contributed by atoms with Crippen LogP contribution in [0.4, 0.5) is 0 Å². The average Bonchev–Trinajstić information content (AvgIpc) is 3.37. The van der Waals surface area contributed by atoms with Crippen molar-refractivity contribution in [3.63, 3.8) is 0 Å². The highest BCUT2D eigenvalue weighted by atomic mass is 35.5. The van der Waals surface area contributed by atoms with Crippen LogP contribution in [0, 0.1) is 0 Å². The Morgan fingerprint density at radius 1 is 0.852 bits per heavy atom. The van der Waals surface area contributed by atoms with Crippen molar-refractivity contribution in [1.82, 2.24) is 24.8 Å². The number of hydrogen-bond donors (Lipinski definition) is 1. The van der Waals surface area contributed by atoms with Gasteiger partial charge in [0.05, 0.1) is 11.4 Å². The molecule has 0 saturated carbocycles. The molecule has 0 aliphatic rings. The van der Waals surface area contributed by atoms with Gasteiger partial charge in [-0.15, -0.1) is 0 Å². The Hall–Kier alpha value is -3.44. The lowest BCUT2D eigenvalue weighted by atomic mass is 10.1. The van der Waals surface area contributed by atoms with Crippen LogP contribution >= 0.6 is 11.6 Å². The van der Waals surface area contributed by atoms with Crippen LogP contribution in [0.5, 0.6) is 0 Å². The van der Waals surface area contributed by atoms with Crippen LogP contribution in [-0.2, 0) is 0 Å². The molecule has 5 rings (SSSR count). The summed E-state index contributed by atoms with van der Waals surface area (Å²) in [5, 5.41) is 12.0. The molecule has 5 nitrogen and oxygen atoms in total. The van der Waals surface area contributed by atoms with Crippen LogP contribution in [0.3, 0.4) is 0 Å². The lowest BCUT2D eigenvalue weighted by molar-refractivity contribution is 0.943. The summed E-state index contributed by atoms with van der Waals surface area (Å²) in [7, 11) is 0. The van der Waals surface area contributed by atoms with Gasteiger partial charge in [0.1, 0.15) is 5.69 Å². The standard InChI is InChI=1S/C21H14ClN5/c22-18-13-16(17-11-12-23-25-17)21-24-19(14-7-3-1-4-8-14)20(27(21)26-18)15-9-5-2-6-10-15/h1-13H,(H,23,25). The van der Waals surface area contributed by atoms with Crippen LogP contribution in [0.2, 0.25) is 5.15 Å². The molecule has 0 bridgehead atoms. The number of aromatic amines is 1. The molecule has 0 aliphatic carbocycles. The summed E-state index contributed by atoms with van der Waals surface area (Å²) < 4.78 is 1.82. The summed E-state index contributed by atoms with van der Waals surface area (Å²) in [6, 6.07) is 23.9. The Balaban J connectivity index is 1.90. The van der Waals surface area contributed by atoms with Gasteiger partial charge < -0.3 is 0 Å². The Morgan fingerprint density at radius 2 is 1.56 bits per heavy atom. The molecule has 0 fully saturated rings. The quantitative estimate of drug-likeness (QED) is 0.479. The Morgan fingerprint density at radius 3 is 2.22 bits per heavy atom. The maximum atomic E-state index is 6.36. The average molecular weight is 372 g/mol. The molecule has 6 heteroatoms. The van der Waals surface area contributed by atoms with Gasteiger partial charge in [0.15, 0.2) is 10.8 Å². The maximum Gasteiger partial charge on any atom is 0.164 e. The number of rotatable bonds is 3. The van der Waals surface area contributed by atoms with Crippen molar-refractivity contribution >= 4 is 17.2 Å². The molecule has 2 aromatic carbocycles. The third kappa shape index (κ3) is 2.69. The van der Waals surface area contributed by atoms with Crippen molar-refractivity contribution in [3.05, 3.63) is 84.1 Å². The van der Waals surface area contributed by atoms with Gasteiger partial charge in [-0.25, -0.2) is 9.50 Å². The number of aromatic nitrogens is 5. The van der Waals surface area contributed by atoms with E-state index in [0.29, 0.717) is 5.15 Å². The molecule has 130 valence electrons. The maximum absolute atomic E-state index is 6.36. The molecule has 0 spiro atoms. The zero-order valence-electron chi connectivity index (χ0n) is 14.2. The highest BCUT2D eigenvalue weighted by Gasteiger charge is 2.20. The van der Waals surface area contributed by atoms with Crippen LogP contribution < -0.4 is 0 Å². The Labute approximate surface area is 160 Å². The SMILES string of the molecule is Clc1cc(-c2ccn[nH]2)c2nc(-c3ccccc3)c(-c3ccccc3)n2n1. The van der Waals surface area contributed by atoms with Crippen molar-refractivity contribution in [3.8, 4) is 33.8 Å². The Bertz CT molecular complexity index is 1210. The molecule has 0 aliphatic heterocycles. The number of fused-ring (bicyclic) bond motifs is 1. The van der Waals surface area contributed by atoms with Crippen LogP contribution in [-0.4, -0.2) is 24.8 Å². The molecule has 0 unspecified atom stereocenters. The van der Waals surface area contributed by atoms with Crippen molar-refractivity contribution in [2.24, 2.45) is 0 Å². The van der Waals surface area contributed by atoms with Crippen LogP contribution in [0.1, 0.15) is 0 Å². The third-order valence-electron chi connectivity index (χ3n) is 4.44. The molecule has 3 aromatic heterocycles. The normalized spacial score (nSPS) is 11.1. The van der Waals surface area contributed by atoms with E-state index in [4.69, 9.17) is 16.6 Å². The summed E-state index contributed by atoms with van der Waals surface area (Å²) in [4.78, 5) is 4.95. The summed E-state index contributed by atoms with van der Waals surface area (Å²) in [6.07, 6.45) is 1.71. The predicted molar refractivity (Wildman–Crippen MR) is 106 cm³/mol. The van der Waals surface area contributed by atoms with E-state index >= 15 is 0 Å². The molecular formula is C21H14ClN5. The highest BCUT2D eigenvalue weighted by Crippen LogP contribution is 2.35. The second kappa shape index (κ2) is 6.37. The number of nitrogens with one attached hydrogen (secondary N) is 1. The lowest BCUT2D eigenvalue weighted by Gasteiger charge is -2.06. The van der Waals surface area contributed by atoms with E-state index in [0.717, 1.165) is 39.4 Å². The molecule has 0 saturated heterocycles. The van der Waals surface area contributed by atoms with Crippen molar-refractivity contribution in [2.45, 2.75) is 0 Å². The number of H-pyrrole nitrogens is 1. The molecule has 0 radical (unpaired) electrons. The van der Waals surface area contributed by atoms with Gasteiger partial charge >= 0.3 is 0 Å². The first kappa shape index (κ1) is 15.8. The minimum absolute atomic E-state index is 0.390. The number of benzene rings is 2. The first-order chi connectivity index (χ1) is 13.3. The second-order valence-electron chi connectivity index (χ2n) is 6.13. The van der Waals surface area contributed by atoms with Crippen LogP contribution in [0.15, 0.2) is 79.0 Å². The van der Waals surface area contributed by atoms with Gasteiger partial charge in [-0.05, 0) is 12.1 Å². The van der Waals surface area contributed by atoms with E-state index < -0.39 is 0 Å². The molecule has 0 atom stereocenters. The number of nitrogens with zero attached hydrogens (tertiary/aromatic N) is 4. The third-order valence-corrected chi connectivity index (χ3v) is 4.62. The molecule has 1 N–H and O–H groups in total. The smallest absolute Gasteiger partial charge is 0.164 e. The Kier molecular flexibility index (Phi) is 3.73. The van der Waals surface area contributed by atoms with Gasteiger partial charge in [-0.2, -0.15) is 10.2 Å². The van der Waals surface area contributed by atoms with E-state index in [1.807, 2.05) is 71.2 Å². The second-order valence-corrected chi connectivity index (χ2v) is 6.51. The fourth-order valence-corrected chi connectivity index (χ4v) is 3.43. The van der Waals surface area contributed by atoms with Gasteiger partial charge in [0.2, 0.25) is 0 Å². The molecule has 0 amide bonds. The van der Waals surface area contributed by atoms with Crippen molar-refractivity contribution in [1.29, 1.82) is 0 Å². The number of imidazole rings is 1. The zero-order valence-corrected chi connectivity index (χ0v) is 14.9. The summed E-state index contributed by atoms with van der Waals surface area (Å²) in [5.74, 6) is 0. The van der Waals surface area contributed by atoms with E-state index in [2.05, 4.69) is 15.3 Å². The van der Waals surface area contributed by atoms with Crippen molar-refractivity contribution < 1.29 is 0 Å². The summed E-state index contributed by atoms with van der Waals surface area (Å²) in [6.45, 7) is 0. The first-order valence-corrected chi connectivity index (χ1v) is 8.89. The molecule has 27 heavy (non-hydrogen) atoms. The fourth-order valence-electron chi connectivity index (χ4n) is 3.25. The number of hydrogen-bond acceptors (Lipinski definition) is 3. The molecular weight excluding hydrogens is 358 g/mol. The van der Waals surface area contributed by atoms with Gasteiger partial charge in [0, 0.05) is 22.9 Å². The van der Waals surface area contributed by atoms with Gasteiger partial charge in [0.25, 0.3) is 0 Å². The number of halogens is 1. The zero-order chi connectivity index (χ0) is 18.2.